The monoisotopic (exact) mass is 632 g/mol. The van der Waals surface area contributed by atoms with E-state index in [-0.39, 0.29) is 37.0 Å². The number of ether oxygens (including phenoxy) is 2. The maximum absolute atomic E-state index is 13.5. The summed E-state index contributed by atoms with van der Waals surface area (Å²) < 4.78 is 12.0. The number of hydrogen-bond donors (Lipinski definition) is 5. The molecule has 0 unspecified atom stereocenters. The molecule has 0 heterocycles. The van der Waals surface area contributed by atoms with Crippen LogP contribution in [0.4, 0.5) is 0 Å². The van der Waals surface area contributed by atoms with Crippen molar-refractivity contribution in [2.75, 3.05) is 0 Å². The van der Waals surface area contributed by atoms with Crippen LogP contribution in [0.15, 0.2) is 72.3 Å². The van der Waals surface area contributed by atoms with Crippen molar-refractivity contribution in [3.05, 3.63) is 83.4 Å². The molecule has 2 aromatic carbocycles. The number of fused-ring (bicyclic) bond motifs is 5. The normalized spacial score (nSPS) is 39.0. The van der Waals surface area contributed by atoms with E-state index in [9.17, 15) is 35.1 Å². The SMILES string of the molecule is C[C@@H](OC(=O)c1ccccc1O)[C@]1(O)CC[C@@]2(O)[C@]1(C)[C@H](OC(=O)/C=C/c1ccccc1)C[C@@H]1[C@@]3(C)CC[C@H](O)CC3=CC[C@]12O. The summed E-state index contributed by atoms with van der Waals surface area (Å²) in [5.74, 6) is -2.36. The highest BCUT2D eigenvalue weighted by molar-refractivity contribution is 5.92. The smallest absolute Gasteiger partial charge is 0.342 e. The summed E-state index contributed by atoms with van der Waals surface area (Å²) in [4.78, 5) is 26.6. The Kier molecular flexibility index (Phi) is 7.99. The van der Waals surface area contributed by atoms with Gasteiger partial charge >= 0.3 is 11.9 Å². The molecule has 246 valence electrons. The molecule has 2 aromatic rings. The van der Waals surface area contributed by atoms with E-state index < -0.39 is 63.8 Å². The van der Waals surface area contributed by atoms with Crippen molar-refractivity contribution < 1.29 is 44.6 Å². The van der Waals surface area contributed by atoms with E-state index in [2.05, 4.69) is 0 Å². The highest BCUT2D eigenvalue weighted by Gasteiger charge is 2.81. The molecule has 5 N–H and O–H groups in total. The zero-order valence-corrected chi connectivity index (χ0v) is 26.6. The van der Waals surface area contributed by atoms with Crippen LogP contribution in [0, 0.1) is 16.7 Å². The molecule has 0 radical (unpaired) electrons. The quantitative estimate of drug-likeness (QED) is 0.177. The van der Waals surface area contributed by atoms with Gasteiger partial charge in [-0.1, -0.05) is 68.0 Å². The number of esters is 2. The minimum Gasteiger partial charge on any atom is -0.507 e. The van der Waals surface area contributed by atoms with Crippen LogP contribution < -0.4 is 0 Å². The number of carbonyl (C=O) groups is 2. The molecule has 0 bridgehead atoms. The first-order valence-corrected chi connectivity index (χ1v) is 16.2. The zero-order chi connectivity index (χ0) is 33.1. The van der Waals surface area contributed by atoms with Gasteiger partial charge < -0.3 is 35.0 Å². The molecule has 3 saturated carbocycles. The van der Waals surface area contributed by atoms with Gasteiger partial charge in [-0.15, -0.1) is 0 Å². The zero-order valence-electron chi connectivity index (χ0n) is 26.6. The third-order valence-corrected chi connectivity index (χ3v) is 12.2. The Hall–Kier alpha value is -3.50. The molecule has 0 amide bonds. The third-order valence-electron chi connectivity index (χ3n) is 12.2. The molecule has 9 heteroatoms. The van der Waals surface area contributed by atoms with Crippen molar-refractivity contribution >= 4 is 18.0 Å². The van der Waals surface area contributed by atoms with Crippen molar-refractivity contribution in [3.8, 4) is 5.75 Å². The lowest BCUT2D eigenvalue weighted by atomic mass is 9.42. The molecule has 9 nitrogen and oxygen atoms in total. The average molecular weight is 633 g/mol. The molecule has 6 rings (SSSR count). The molecule has 3 fully saturated rings. The Morgan fingerprint density at radius 2 is 1.67 bits per heavy atom. The van der Waals surface area contributed by atoms with Crippen LogP contribution in [0.3, 0.4) is 0 Å². The number of para-hydroxylation sites is 1. The van der Waals surface area contributed by atoms with E-state index in [1.165, 1.54) is 25.1 Å². The lowest BCUT2D eigenvalue weighted by molar-refractivity contribution is -0.326. The predicted molar refractivity (Wildman–Crippen MR) is 169 cm³/mol. The van der Waals surface area contributed by atoms with Crippen LogP contribution in [-0.2, 0) is 14.3 Å². The van der Waals surface area contributed by atoms with Crippen LogP contribution >= 0.6 is 0 Å². The lowest BCUT2D eigenvalue weighted by Gasteiger charge is -2.67. The fourth-order valence-electron chi connectivity index (χ4n) is 9.37. The van der Waals surface area contributed by atoms with E-state index in [1.54, 1.807) is 25.1 Å². The van der Waals surface area contributed by atoms with Crippen LogP contribution in [-0.4, -0.2) is 72.6 Å². The van der Waals surface area contributed by atoms with E-state index in [0.717, 1.165) is 11.1 Å². The molecule has 0 aliphatic heterocycles. The summed E-state index contributed by atoms with van der Waals surface area (Å²) in [5, 5.41) is 58.9. The maximum atomic E-state index is 13.5. The number of aliphatic hydroxyl groups is 4. The number of hydrogen-bond acceptors (Lipinski definition) is 9. The number of rotatable bonds is 6. The number of phenolic OH excluding ortho intramolecular Hbond substituents is 1. The Morgan fingerprint density at radius 1 is 0.978 bits per heavy atom. The largest absolute Gasteiger partial charge is 0.507 e. The van der Waals surface area contributed by atoms with Gasteiger partial charge in [0.2, 0.25) is 0 Å². The Balaban J connectivity index is 1.40. The van der Waals surface area contributed by atoms with Crippen molar-refractivity contribution in [3.63, 3.8) is 0 Å². The first-order chi connectivity index (χ1) is 21.7. The first kappa shape index (κ1) is 32.4. The van der Waals surface area contributed by atoms with Crippen LogP contribution in [0.25, 0.3) is 6.08 Å². The summed E-state index contributed by atoms with van der Waals surface area (Å²) in [7, 11) is 0. The van der Waals surface area contributed by atoms with Crippen molar-refractivity contribution in [1.82, 2.24) is 0 Å². The van der Waals surface area contributed by atoms with E-state index in [0.29, 0.717) is 19.3 Å². The van der Waals surface area contributed by atoms with Gasteiger partial charge in [0.15, 0.2) is 0 Å². The number of phenols is 1. The molecular formula is C37H44O9. The van der Waals surface area contributed by atoms with Gasteiger partial charge in [0.25, 0.3) is 0 Å². The third kappa shape index (κ3) is 4.66. The Labute approximate surface area is 269 Å². The second-order valence-electron chi connectivity index (χ2n) is 14.2. The summed E-state index contributed by atoms with van der Waals surface area (Å²) in [6.45, 7) is 5.17. The standard InChI is InChI=1S/C37H44O9/c1-23(45-32(41)27-11-7-8-12-28(27)39)35(42)19-20-37(44)34(35,3)30(46-31(40)14-13-24-9-5-4-6-10-24)22-29-33(2)17-16-26(38)21-25(33)15-18-36(29,37)43/h4-15,23,26,29-30,38-39,42-44H,16-22H2,1-3H3/b14-13+/t23-,26+,29-,30-,33+,34-,35-,36+,37-/m1/s1. The molecule has 0 aromatic heterocycles. The van der Waals surface area contributed by atoms with Gasteiger partial charge in [0, 0.05) is 12.0 Å². The summed E-state index contributed by atoms with van der Waals surface area (Å²) in [6, 6.07) is 15.2. The van der Waals surface area contributed by atoms with Crippen molar-refractivity contribution in [1.29, 1.82) is 0 Å². The number of aliphatic hydroxyl groups excluding tert-OH is 1. The minimum absolute atomic E-state index is 0.0404. The van der Waals surface area contributed by atoms with Gasteiger partial charge in [-0.3, -0.25) is 0 Å². The van der Waals surface area contributed by atoms with Gasteiger partial charge in [-0.05, 0) is 81.1 Å². The van der Waals surface area contributed by atoms with Crippen molar-refractivity contribution in [2.45, 2.75) is 101 Å². The number of carbonyl (C=O) groups excluding carboxylic acids is 2. The highest BCUT2D eigenvalue weighted by atomic mass is 16.6. The molecule has 0 spiro atoms. The predicted octanol–water partition coefficient (Wildman–Crippen LogP) is 4.46. The summed E-state index contributed by atoms with van der Waals surface area (Å²) >= 11 is 0. The molecular weight excluding hydrogens is 588 g/mol. The molecule has 46 heavy (non-hydrogen) atoms. The van der Waals surface area contributed by atoms with Crippen LogP contribution in [0.5, 0.6) is 5.75 Å². The Bertz CT molecular complexity index is 1570. The van der Waals surface area contributed by atoms with E-state index in [4.69, 9.17) is 9.47 Å². The summed E-state index contributed by atoms with van der Waals surface area (Å²) in [5.41, 5.74) is -6.15. The van der Waals surface area contributed by atoms with E-state index in [1.807, 2.05) is 43.3 Å². The van der Waals surface area contributed by atoms with E-state index >= 15 is 0 Å². The Morgan fingerprint density at radius 3 is 2.39 bits per heavy atom. The second kappa shape index (κ2) is 11.3. The second-order valence-corrected chi connectivity index (χ2v) is 14.2. The molecule has 0 saturated heterocycles. The van der Waals surface area contributed by atoms with Crippen LogP contribution in [0.1, 0.15) is 81.6 Å². The van der Waals surface area contributed by atoms with Gasteiger partial charge in [-0.2, -0.15) is 0 Å². The maximum Gasteiger partial charge on any atom is 0.342 e. The molecule has 4 aliphatic carbocycles. The fraction of sp³-hybridized carbons (Fsp3) is 0.514. The fourth-order valence-corrected chi connectivity index (χ4v) is 9.37. The average Bonchev–Trinajstić information content (AvgIpc) is 3.26. The molecule has 4 aliphatic rings. The number of aromatic hydroxyl groups is 1. The summed E-state index contributed by atoms with van der Waals surface area (Å²) in [6.07, 6.45) is 3.76. The van der Waals surface area contributed by atoms with Gasteiger partial charge in [0.1, 0.15) is 40.3 Å². The number of benzene rings is 2. The van der Waals surface area contributed by atoms with Gasteiger partial charge in [0.05, 0.1) is 11.5 Å². The molecule has 9 atom stereocenters. The lowest BCUT2D eigenvalue weighted by Crippen LogP contribution is -2.78. The first-order valence-electron chi connectivity index (χ1n) is 16.2. The topological polar surface area (TPSA) is 154 Å². The minimum atomic E-state index is -1.96. The van der Waals surface area contributed by atoms with Crippen molar-refractivity contribution in [2.24, 2.45) is 16.7 Å². The highest BCUT2D eigenvalue weighted by Crippen LogP contribution is 2.71. The van der Waals surface area contributed by atoms with Gasteiger partial charge in [-0.25, -0.2) is 9.59 Å². The van der Waals surface area contributed by atoms with Crippen LogP contribution in [0.2, 0.25) is 0 Å².